The monoisotopic (exact) mass is 388 g/mol. The summed E-state index contributed by atoms with van der Waals surface area (Å²) in [6.45, 7) is 10.2. The van der Waals surface area contributed by atoms with E-state index in [2.05, 4.69) is 27.7 Å². The molecule has 0 spiro atoms. The van der Waals surface area contributed by atoms with E-state index < -0.39 is 0 Å². The highest BCUT2D eigenvalue weighted by atomic mass is 16.5. The second kappa shape index (κ2) is 8.24. The average Bonchev–Trinajstić information content (AvgIpc) is 3.01. The first-order chi connectivity index (χ1) is 13.4. The molecule has 4 aliphatic rings. The first-order valence-electron chi connectivity index (χ1n) is 12.9. The molecule has 1 heteroatoms. The van der Waals surface area contributed by atoms with Crippen LogP contribution in [0.15, 0.2) is 0 Å². The van der Waals surface area contributed by atoms with Gasteiger partial charge in [0.2, 0.25) is 0 Å². The van der Waals surface area contributed by atoms with Gasteiger partial charge in [0.1, 0.15) is 0 Å². The van der Waals surface area contributed by atoms with Gasteiger partial charge < -0.3 is 4.74 Å². The van der Waals surface area contributed by atoms with Gasteiger partial charge in [-0.2, -0.15) is 0 Å². The van der Waals surface area contributed by atoms with Crippen LogP contribution in [0.2, 0.25) is 0 Å². The molecule has 28 heavy (non-hydrogen) atoms. The number of ether oxygens (including phenoxy) is 1. The maximum atomic E-state index is 5.78. The Morgan fingerprint density at radius 1 is 0.857 bits per heavy atom. The number of methoxy groups -OCH3 is 1. The summed E-state index contributed by atoms with van der Waals surface area (Å²) in [5.74, 6) is 5.94. The highest BCUT2D eigenvalue weighted by molar-refractivity contribution is 5.09. The molecule has 4 fully saturated rings. The largest absolute Gasteiger partial charge is 0.381 e. The first-order valence-corrected chi connectivity index (χ1v) is 12.9. The first kappa shape index (κ1) is 21.2. The second-order valence-corrected chi connectivity index (χ2v) is 12.3. The van der Waals surface area contributed by atoms with Crippen LogP contribution in [0, 0.1) is 46.3 Å². The third kappa shape index (κ3) is 3.61. The van der Waals surface area contributed by atoms with Crippen LogP contribution in [0.5, 0.6) is 0 Å². The predicted molar refractivity (Wildman–Crippen MR) is 119 cm³/mol. The fourth-order valence-corrected chi connectivity index (χ4v) is 8.96. The molecule has 0 bridgehead atoms. The minimum absolute atomic E-state index is 0.546. The van der Waals surface area contributed by atoms with Gasteiger partial charge in [-0.05, 0) is 111 Å². The standard InChI is InChI=1S/C27H48O/c1-19(2)8-6-7-9-20-11-13-24-23-12-10-21-18-22(28-5)14-16-27(21,4)25(23)15-17-26(20,24)3/h19-25H,6-18H2,1-5H3/t20-,21-,22-,23?,24?,25?,26?,27?/m0/s1. The molecule has 0 radical (unpaired) electrons. The van der Waals surface area contributed by atoms with E-state index in [4.69, 9.17) is 4.74 Å². The van der Waals surface area contributed by atoms with E-state index in [1.165, 1.54) is 77.0 Å². The van der Waals surface area contributed by atoms with Crippen molar-refractivity contribution in [1.29, 1.82) is 0 Å². The van der Waals surface area contributed by atoms with Crippen LogP contribution in [0.4, 0.5) is 0 Å². The van der Waals surface area contributed by atoms with Crippen molar-refractivity contribution in [2.24, 2.45) is 46.3 Å². The lowest BCUT2D eigenvalue weighted by molar-refractivity contribution is -0.130. The molecule has 5 unspecified atom stereocenters. The van der Waals surface area contributed by atoms with E-state index in [9.17, 15) is 0 Å². The van der Waals surface area contributed by atoms with Crippen molar-refractivity contribution in [2.75, 3.05) is 7.11 Å². The summed E-state index contributed by atoms with van der Waals surface area (Å²) in [5, 5.41) is 0. The fraction of sp³-hybridized carbons (Fsp3) is 1.00. The average molecular weight is 389 g/mol. The number of hydrogen-bond acceptors (Lipinski definition) is 1. The molecule has 8 atom stereocenters. The van der Waals surface area contributed by atoms with E-state index in [1.54, 1.807) is 6.42 Å². The summed E-state index contributed by atoms with van der Waals surface area (Å²) < 4.78 is 5.78. The third-order valence-electron chi connectivity index (χ3n) is 10.7. The summed E-state index contributed by atoms with van der Waals surface area (Å²) in [6, 6.07) is 0. The molecular formula is C27H48O. The summed E-state index contributed by atoms with van der Waals surface area (Å²) in [4.78, 5) is 0. The van der Waals surface area contributed by atoms with E-state index in [-0.39, 0.29) is 0 Å². The zero-order valence-corrected chi connectivity index (χ0v) is 19.6. The quantitative estimate of drug-likeness (QED) is 0.420. The van der Waals surface area contributed by atoms with Crippen molar-refractivity contribution < 1.29 is 4.74 Å². The Morgan fingerprint density at radius 2 is 1.61 bits per heavy atom. The van der Waals surface area contributed by atoms with Crippen LogP contribution in [-0.4, -0.2) is 13.2 Å². The lowest BCUT2D eigenvalue weighted by Gasteiger charge is -2.61. The van der Waals surface area contributed by atoms with Gasteiger partial charge in [-0.15, -0.1) is 0 Å². The summed E-state index contributed by atoms with van der Waals surface area (Å²) in [7, 11) is 1.94. The molecule has 0 aromatic heterocycles. The Balaban J connectivity index is 1.42. The van der Waals surface area contributed by atoms with Crippen LogP contribution in [0.1, 0.15) is 111 Å². The Bertz CT molecular complexity index is 526. The molecule has 0 amide bonds. The number of unbranched alkanes of at least 4 members (excludes halogenated alkanes) is 1. The maximum absolute atomic E-state index is 5.78. The van der Waals surface area contributed by atoms with E-state index in [1.807, 2.05) is 7.11 Å². The molecule has 1 nitrogen and oxygen atoms in total. The summed E-state index contributed by atoms with van der Waals surface area (Å²) in [5.41, 5.74) is 1.29. The number of rotatable bonds is 6. The van der Waals surface area contributed by atoms with Crippen molar-refractivity contribution in [3.05, 3.63) is 0 Å². The Kier molecular flexibility index (Phi) is 6.24. The van der Waals surface area contributed by atoms with E-state index in [0.717, 1.165) is 35.5 Å². The Labute approximate surface area is 175 Å². The minimum atomic E-state index is 0.546. The molecule has 4 rings (SSSR count). The number of fused-ring (bicyclic) bond motifs is 5. The van der Waals surface area contributed by atoms with Crippen molar-refractivity contribution >= 4 is 0 Å². The highest BCUT2D eigenvalue weighted by Gasteiger charge is 2.59. The smallest absolute Gasteiger partial charge is 0.0574 e. The predicted octanol–water partition coefficient (Wildman–Crippen LogP) is 7.88. The topological polar surface area (TPSA) is 9.23 Å². The summed E-state index contributed by atoms with van der Waals surface area (Å²) >= 11 is 0. The van der Waals surface area contributed by atoms with Crippen molar-refractivity contribution in [3.8, 4) is 0 Å². The molecule has 4 aliphatic carbocycles. The molecule has 162 valence electrons. The summed E-state index contributed by atoms with van der Waals surface area (Å²) in [6.07, 6.45) is 19.7. The van der Waals surface area contributed by atoms with Gasteiger partial charge >= 0.3 is 0 Å². The zero-order valence-electron chi connectivity index (χ0n) is 19.6. The van der Waals surface area contributed by atoms with Crippen molar-refractivity contribution in [1.82, 2.24) is 0 Å². The Morgan fingerprint density at radius 3 is 2.36 bits per heavy atom. The van der Waals surface area contributed by atoms with Crippen LogP contribution in [0.25, 0.3) is 0 Å². The van der Waals surface area contributed by atoms with Gasteiger partial charge in [-0.25, -0.2) is 0 Å². The fourth-order valence-electron chi connectivity index (χ4n) is 8.96. The van der Waals surface area contributed by atoms with Crippen LogP contribution in [-0.2, 0) is 4.74 Å². The number of hydrogen-bond donors (Lipinski definition) is 0. The van der Waals surface area contributed by atoms with Gasteiger partial charge in [-0.3, -0.25) is 0 Å². The molecule has 0 aromatic carbocycles. The van der Waals surface area contributed by atoms with E-state index in [0.29, 0.717) is 16.9 Å². The van der Waals surface area contributed by atoms with Crippen molar-refractivity contribution in [2.45, 2.75) is 117 Å². The van der Waals surface area contributed by atoms with E-state index >= 15 is 0 Å². The molecule has 0 aliphatic heterocycles. The second-order valence-electron chi connectivity index (χ2n) is 12.3. The SMILES string of the molecule is CO[C@H]1CCC2(C)C3CCC4(C)C(CC[C@@H]4CCCCC(C)C)C3CC[C@H]2C1. The molecule has 4 saturated carbocycles. The van der Waals surface area contributed by atoms with Crippen LogP contribution >= 0.6 is 0 Å². The van der Waals surface area contributed by atoms with Gasteiger partial charge in [-0.1, -0.05) is 47.0 Å². The van der Waals surface area contributed by atoms with Gasteiger partial charge in [0.05, 0.1) is 6.10 Å². The van der Waals surface area contributed by atoms with Crippen LogP contribution < -0.4 is 0 Å². The van der Waals surface area contributed by atoms with Gasteiger partial charge in [0, 0.05) is 7.11 Å². The molecule has 0 saturated heterocycles. The van der Waals surface area contributed by atoms with Gasteiger partial charge in [0.15, 0.2) is 0 Å². The normalized spacial score (nSPS) is 48.2. The van der Waals surface area contributed by atoms with Crippen LogP contribution in [0.3, 0.4) is 0 Å². The van der Waals surface area contributed by atoms with Crippen molar-refractivity contribution in [3.63, 3.8) is 0 Å². The lowest BCUT2D eigenvalue weighted by Crippen LogP contribution is -2.54. The maximum Gasteiger partial charge on any atom is 0.0574 e. The Hall–Kier alpha value is -0.0400. The molecular weight excluding hydrogens is 340 g/mol. The highest BCUT2D eigenvalue weighted by Crippen LogP contribution is 2.68. The zero-order chi connectivity index (χ0) is 19.9. The molecule has 0 heterocycles. The molecule has 0 aromatic rings. The minimum Gasteiger partial charge on any atom is -0.381 e. The third-order valence-corrected chi connectivity index (χ3v) is 10.7. The van der Waals surface area contributed by atoms with Gasteiger partial charge in [0.25, 0.3) is 0 Å². The molecule has 0 N–H and O–H groups in total. The lowest BCUT2D eigenvalue weighted by atomic mass is 9.44.